The van der Waals surface area contributed by atoms with Gasteiger partial charge in [-0.3, -0.25) is 4.79 Å². The second-order valence-electron chi connectivity index (χ2n) is 2.90. The lowest BCUT2D eigenvalue weighted by atomic mass is 10.2. The maximum atomic E-state index is 10.7. The number of nitrogens with zero attached hydrogens (tertiary/aromatic N) is 1. The van der Waals surface area contributed by atoms with Crippen molar-refractivity contribution in [3.05, 3.63) is 28.8 Å². The summed E-state index contributed by atoms with van der Waals surface area (Å²) < 4.78 is 0. The van der Waals surface area contributed by atoms with Crippen LogP contribution in [0.1, 0.15) is 12.5 Å². The number of hydrogen-bond acceptors (Lipinski definition) is 3. The van der Waals surface area contributed by atoms with Gasteiger partial charge in [-0.1, -0.05) is 17.7 Å². The Morgan fingerprint density at radius 2 is 2.33 bits per heavy atom. The molecule has 0 bridgehead atoms. The molecule has 0 spiro atoms. The zero-order valence-corrected chi connectivity index (χ0v) is 8.84. The van der Waals surface area contributed by atoms with Crippen molar-refractivity contribution >= 4 is 29.3 Å². The van der Waals surface area contributed by atoms with Crippen LogP contribution in [0, 0.1) is 0 Å². The largest absolute Gasteiger partial charge is 0.352 e. The Labute approximate surface area is 92.0 Å². The van der Waals surface area contributed by atoms with E-state index in [9.17, 15) is 9.59 Å². The van der Waals surface area contributed by atoms with Crippen molar-refractivity contribution in [1.29, 1.82) is 0 Å². The van der Waals surface area contributed by atoms with E-state index < -0.39 is 0 Å². The lowest BCUT2D eigenvalue weighted by Gasteiger charge is -2.03. The molecule has 15 heavy (non-hydrogen) atoms. The van der Waals surface area contributed by atoms with Gasteiger partial charge >= 0.3 is 0 Å². The molecule has 0 saturated heterocycles. The number of benzene rings is 1. The van der Waals surface area contributed by atoms with Crippen LogP contribution in [0.4, 0.5) is 5.69 Å². The number of nitrogens with one attached hydrogen (secondary N) is 1. The van der Waals surface area contributed by atoms with Gasteiger partial charge in [-0.05, 0) is 17.7 Å². The van der Waals surface area contributed by atoms with Crippen molar-refractivity contribution in [3.8, 4) is 0 Å². The highest BCUT2D eigenvalue weighted by molar-refractivity contribution is 6.33. The summed E-state index contributed by atoms with van der Waals surface area (Å²) >= 11 is 5.84. The molecule has 0 atom stereocenters. The summed E-state index contributed by atoms with van der Waals surface area (Å²) in [6.45, 7) is 1.84. The third kappa shape index (κ3) is 3.54. The normalized spacial score (nSPS) is 9.20. The highest BCUT2D eigenvalue weighted by Crippen LogP contribution is 2.25. The zero-order chi connectivity index (χ0) is 11.3. The summed E-state index contributed by atoms with van der Waals surface area (Å²) in [7, 11) is 0. The van der Waals surface area contributed by atoms with E-state index in [1.165, 1.54) is 13.0 Å². The predicted octanol–water partition coefficient (Wildman–Crippen LogP) is 1.94. The molecule has 0 unspecified atom stereocenters. The van der Waals surface area contributed by atoms with Crippen molar-refractivity contribution in [1.82, 2.24) is 5.32 Å². The lowest BCUT2D eigenvalue weighted by molar-refractivity contribution is -0.119. The van der Waals surface area contributed by atoms with Crippen LogP contribution in [0.3, 0.4) is 0 Å². The molecule has 1 aromatic carbocycles. The number of aliphatic imine (C=N–C) groups is 1. The van der Waals surface area contributed by atoms with E-state index in [4.69, 9.17) is 11.6 Å². The molecular weight excluding hydrogens is 216 g/mol. The van der Waals surface area contributed by atoms with E-state index in [0.717, 1.165) is 5.56 Å². The molecule has 1 aromatic rings. The molecule has 0 aromatic heterocycles. The summed E-state index contributed by atoms with van der Waals surface area (Å²) in [6.07, 6.45) is 1.42. The maximum Gasteiger partial charge on any atom is 0.240 e. The molecule has 0 aliphatic rings. The SMILES string of the molecule is CC(=O)NCc1ccc(N=C=O)c(Cl)c1. The van der Waals surface area contributed by atoms with Crippen LogP contribution in [0.2, 0.25) is 5.02 Å². The Balaban J connectivity index is 2.81. The average Bonchev–Trinajstić information content (AvgIpc) is 2.19. The van der Waals surface area contributed by atoms with E-state index in [-0.39, 0.29) is 5.91 Å². The van der Waals surface area contributed by atoms with Crippen molar-refractivity contribution in [2.24, 2.45) is 4.99 Å². The fourth-order valence-corrected chi connectivity index (χ4v) is 1.27. The Bertz CT molecular complexity index is 425. The van der Waals surface area contributed by atoms with Crippen LogP contribution in [-0.4, -0.2) is 12.0 Å². The number of halogens is 1. The van der Waals surface area contributed by atoms with E-state index in [2.05, 4.69) is 10.3 Å². The Morgan fingerprint density at radius 1 is 1.60 bits per heavy atom. The van der Waals surface area contributed by atoms with Gasteiger partial charge in [-0.2, -0.15) is 4.99 Å². The molecule has 5 heteroatoms. The van der Waals surface area contributed by atoms with Crippen molar-refractivity contribution in [2.75, 3.05) is 0 Å². The van der Waals surface area contributed by atoms with Crippen molar-refractivity contribution < 1.29 is 9.59 Å². The fraction of sp³-hybridized carbons (Fsp3) is 0.200. The highest BCUT2D eigenvalue weighted by Gasteiger charge is 2.01. The molecule has 1 amide bonds. The summed E-state index contributed by atoms with van der Waals surface area (Å²) in [5.41, 5.74) is 1.22. The maximum absolute atomic E-state index is 10.7. The smallest absolute Gasteiger partial charge is 0.240 e. The first-order chi connectivity index (χ1) is 7.13. The Hall–Kier alpha value is -1.64. The van der Waals surface area contributed by atoms with Gasteiger partial charge in [-0.15, -0.1) is 0 Å². The van der Waals surface area contributed by atoms with Crippen LogP contribution < -0.4 is 5.32 Å². The lowest BCUT2D eigenvalue weighted by Crippen LogP contribution is -2.18. The third-order valence-electron chi connectivity index (χ3n) is 1.72. The monoisotopic (exact) mass is 224 g/mol. The van der Waals surface area contributed by atoms with Gasteiger partial charge in [0.1, 0.15) is 0 Å². The van der Waals surface area contributed by atoms with E-state index >= 15 is 0 Å². The van der Waals surface area contributed by atoms with Gasteiger partial charge in [0.2, 0.25) is 12.0 Å². The second-order valence-corrected chi connectivity index (χ2v) is 3.31. The molecule has 0 fully saturated rings. The van der Waals surface area contributed by atoms with Crippen LogP contribution in [0.5, 0.6) is 0 Å². The van der Waals surface area contributed by atoms with Gasteiger partial charge in [0.15, 0.2) is 0 Å². The predicted molar refractivity (Wildman–Crippen MR) is 56.8 cm³/mol. The second kappa shape index (κ2) is 5.29. The average molecular weight is 225 g/mol. The molecule has 0 aliphatic carbocycles. The summed E-state index contributed by atoms with van der Waals surface area (Å²) in [6, 6.07) is 4.98. The number of rotatable bonds is 3. The molecule has 1 rings (SSSR count). The first-order valence-electron chi connectivity index (χ1n) is 4.24. The minimum absolute atomic E-state index is 0.110. The molecule has 1 N–H and O–H groups in total. The first kappa shape index (κ1) is 11.4. The van der Waals surface area contributed by atoms with E-state index in [1.807, 2.05) is 0 Å². The quantitative estimate of drug-likeness (QED) is 0.630. The Kier molecular flexibility index (Phi) is 4.03. The standard InChI is InChI=1S/C10H9ClN2O2/c1-7(15)12-5-8-2-3-10(13-6-14)9(11)4-8/h2-4H,5H2,1H3,(H,12,15). The zero-order valence-electron chi connectivity index (χ0n) is 8.08. The fourth-order valence-electron chi connectivity index (χ4n) is 1.03. The highest BCUT2D eigenvalue weighted by atomic mass is 35.5. The molecule has 0 heterocycles. The van der Waals surface area contributed by atoms with Crippen molar-refractivity contribution in [2.45, 2.75) is 13.5 Å². The molecule has 0 radical (unpaired) electrons. The van der Waals surface area contributed by atoms with Gasteiger partial charge in [0.05, 0.1) is 10.7 Å². The Morgan fingerprint density at radius 3 is 2.87 bits per heavy atom. The van der Waals surface area contributed by atoms with Crippen molar-refractivity contribution in [3.63, 3.8) is 0 Å². The summed E-state index contributed by atoms with van der Waals surface area (Å²) in [4.78, 5) is 24.1. The van der Waals surface area contributed by atoms with E-state index in [1.54, 1.807) is 18.2 Å². The number of amides is 1. The van der Waals surface area contributed by atoms with Crippen LogP contribution in [0.15, 0.2) is 23.2 Å². The topological polar surface area (TPSA) is 58.5 Å². The minimum atomic E-state index is -0.110. The van der Waals surface area contributed by atoms with Crippen LogP contribution >= 0.6 is 11.6 Å². The van der Waals surface area contributed by atoms with Crippen LogP contribution in [-0.2, 0) is 16.1 Å². The van der Waals surface area contributed by atoms with Crippen LogP contribution in [0.25, 0.3) is 0 Å². The van der Waals surface area contributed by atoms with Gasteiger partial charge in [-0.25, -0.2) is 4.79 Å². The minimum Gasteiger partial charge on any atom is -0.352 e. The van der Waals surface area contributed by atoms with Gasteiger partial charge in [0, 0.05) is 13.5 Å². The summed E-state index contributed by atoms with van der Waals surface area (Å²) in [5.74, 6) is -0.110. The first-order valence-corrected chi connectivity index (χ1v) is 4.62. The van der Waals surface area contributed by atoms with Gasteiger partial charge in [0.25, 0.3) is 0 Å². The molecular formula is C10H9ClN2O2. The number of isocyanates is 1. The van der Waals surface area contributed by atoms with Gasteiger partial charge < -0.3 is 5.32 Å². The number of carbonyl (C=O) groups excluding carboxylic acids is 2. The molecule has 4 nitrogen and oxygen atoms in total. The number of hydrogen-bond donors (Lipinski definition) is 1. The third-order valence-corrected chi connectivity index (χ3v) is 2.02. The molecule has 0 saturated carbocycles. The van der Waals surface area contributed by atoms with E-state index in [0.29, 0.717) is 17.3 Å². The number of carbonyl (C=O) groups is 1. The summed E-state index contributed by atoms with van der Waals surface area (Å²) in [5, 5.41) is 3.00. The molecule has 78 valence electrons. The molecule has 0 aliphatic heterocycles.